The maximum atomic E-state index is 12.2. The van der Waals surface area contributed by atoms with Gasteiger partial charge in [-0.15, -0.1) is 0 Å². The summed E-state index contributed by atoms with van der Waals surface area (Å²) in [5, 5.41) is 5.77. The molecule has 0 bridgehead atoms. The van der Waals surface area contributed by atoms with E-state index in [1.54, 1.807) is 18.2 Å². The van der Waals surface area contributed by atoms with Crippen molar-refractivity contribution < 1.29 is 14.3 Å². The van der Waals surface area contributed by atoms with Crippen LogP contribution in [0, 0.1) is 0 Å². The second-order valence-corrected chi connectivity index (χ2v) is 4.78. The summed E-state index contributed by atoms with van der Waals surface area (Å²) in [5.74, 6) is 0.725. The van der Waals surface area contributed by atoms with Gasteiger partial charge in [-0.25, -0.2) is 0 Å². The van der Waals surface area contributed by atoms with Gasteiger partial charge in [0.25, 0.3) is 5.91 Å². The van der Waals surface area contributed by atoms with Gasteiger partial charge in [0.2, 0.25) is 0 Å². The molecule has 0 aliphatic carbocycles. The molecule has 0 heterocycles. The molecule has 0 aliphatic rings. The zero-order valence-corrected chi connectivity index (χ0v) is 13.1. The molecule has 0 aromatic heterocycles. The van der Waals surface area contributed by atoms with Crippen molar-refractivity contribution in [1.29, 1.82) is 0 Å². The van der Waals surface area contributed by atoms with Crippen LogP contribution in [0.4, 0.5) is 5.69 Å². The van der Waals surface area contributed by atoms with Crippen molar-refractivity contribution in [2.24, 2.45) is 0 Å². The van der Waals surface area contributed by atoms with Gasteiger partial charge in [-0.3, -0.25) is 10.1 Å². The third-order valence-electron chi connectivity index (χ3n) is 2.87. The average Bonchev–Trinajstić information content (AvgIpc) is 2.55. The average molecular weight is 316 g/mol. The number of nitrogens with one attached hydrogen (secondary N) is 2. The summed E-state index contributed by atoms with van der Waals surface area (Å²) in [7, 11) is 3.05. The number of methoxy groups -OCH3 is 2. The number of para-hydroxylation sites is 1. The van der Waals surface area contributed by atoms with Crippen LogP contribution in [0.5, 0.6) is 11.5 Å². The summed E-state index contributed by atoms with van der Waals surface area (Å²) in [6.07, 6.45) is 0. The fraction of sp³-hybridized carbons (Fsp3) is 0.125. The fourth-order valence-electron chi connectivity index (χ4n) is 1.80. The normalized spacial score (nSPS) is 9.73. The van der Waals surface area contributed by atoms with Gasteiger partial charge in [0.1, 0.15) is 11.5 Å². The minimum absolute atomic E-state index is 0.220. The minimum atomic E-state index is -0.342. The molecule has 0 fully saturated rings. The quantitative estimate of drug-likeness (QED) is 0.850. The Bertz CT molecular complexity index is 652. The van der Waals surface area contributed by atoms with Crippen molar-refractivity contribution in [3.8, 4) is 11.5 Å². The number of benzene rings is 2. The molecule has 2 aromatic rings. The summed E-state index contributed by atoms with van der Waals surface area (Å²) >= 11 is 5.13. The highest BCUT2D eigenvalue weighted by Gasteiger charge is 2.11. The highest BCUT2D eigenvalue weighted by Crippen LogP contribution is 2.22. The van der Waals surface area contributed by atoms with Gasteiger partial charge < -0.3 is 14.8 Å². The number of anilines is 1. The number of hydrogen-bond acceptors (Lipinski definition) is 4. The third kappa shape index (κ3) is 4.20. The lowest BCUT2D eigenvalue weighted by Crippen LogP contribution is -2.34. The molecule has 2 rings (SSSR count). The van der Waals surface area contributed by atoms with Gasteiger partial charge in [-0.05, 0) is 36.5 Å². The van der Waals surface area contributed by atoms with Crippen LogP contribution in [0.2, 0.25) is 0 Å². The molecule has 114 valence electrons. The van der Waals surface area contributed by atoms with Crippen LogP contribution in [0.15, 0.2) is 48.5 Å². The first-order valence-corrected chi connectivity index (χ1v) is 6.93. The van der Waals surface area contributed by atoms with Gasteiger partial charge in [0.15, 0.2) is 5.11 Å². The second kappa shape index (κ2) is 7.42. The standard InChI is InChI=1S/C16H16N2O3S/c1-20-13-8-11(9-14(10-13)21-2)15(19)18-16(22)17-12-6-4-3-5-7-12/h3-10H,1-2H3,(H2,17,18,19,22). The number of carbonyl (C=O) groups is 1. The van der Waals surface area contributed by atoms with E-state index in [1.165, 1.54) is 14.2 Å². The Morgan fingerprint density at radius 1 is 1.00 bits per heavy atom. The summed E-state index contributed by atoms with van der Waals surface area (Å²) in [6, 6.07) is 14.3. The van der Waals surface area contributed by atoms with Crippen molar-refractivity contribution >= 4 is 28.9 Å². The van der Waals surface area contributed by atoms with Crippen LogP contribution in [-0.4, -0.2) is 25.2 Å². The highest BCUT2D eigenvalue weighted by atomic mass is 32.1. The number of hydrogen-bond donors (Lipinski definition) is 2. The fourth-order valence-corrected chi connectivity index (χ4v) is 2.01. The van der Waals surface area contributed by atoms with Gasteiger partial charge in [0.05, 0.1) is 14.2 Å². The lowest BCUT2D eigenvalue weighted by atomic mass is 10.2. The van der Waals surface area contributed by atoms with Crippen molar-refractivity contribution in [1.82, 2.24) is 5.32 Å². The zero-order valence-electron chi connectivity index (χ0n) is 12.3. The molecule has 0 unspecified atom stereocenters. The highest BCUT2D eigenvalue weighted by molar-refractivity contribution is 7.80. The van der Waals surface area contributed by atoms with Crippen molar-refractivity contribution in [3.05, 3.63) is 54.1 Å². The Morgan fingerprint density at radius 2 is 1.59 bits per heavy atom. The van der Waals surface area contributed by atoms with Crippen molar-refractivity contribution in [2.45, 2.75) is 0 Å². The van der Waals surface area contributed by atoms with Crippen LogP contribution in [0.1, 0.15) is 10.4 Å². The largest absolute Gasteiger partial charge is 0.497 e. The SMILES string of the molecule is COc1cc(OC)cc(C(=O)NC(=S)Nc2ccccc2)c1. The third-order valence-corrected chi connectivity index (χ3v) is 3.08. The van der Waals surface area contributed by atoms with E-state index in [2.05, 4.69) is 10.6 Å². The topological polar surface area (TPSA) is 59.6 Å². The monoisotopic (exact) mass is 316 g/mol. The predicted molar refractivity (Wildman–Crippen MR) is 89.7 cm³/mol. The summed E-state index contributed by atoms with van der Waals surface area (Å²) in [6.45, 7) is 0. The van der Waals surface area contributed by atoms with Gasteiger partial charge in [-0.2, -0.15) is 0 Å². The van der Waals surface area contributed by atoms with Crippen LogP contribution in [0.3, 0.4) is 0 Å². The maximum Gasteiger partial charge on any atom is 0.257 e. The van der Waals surface area contributed by atoms with E-state index >= 15 is 0 Å². The molecule has 0 saturated heterocycles. The van der Waals surface area contributed by atoms with E-state index in [0.29, 0.717) is 17.1 Å². The number of thiocarbonyl (C=S) groups is 1. The number of ether oxygens (including phenoxy) is 2. The molecule has 0 atom stereocenters. The summed E-state index contributed by atoms with van der Waals surface area (Å²) < 4.78 is 10.3. The number of rotatable bonds is 4. The molecule has 2 N–H and O–H groups in total. The van der Waals surface area contributed by atoms with Crippen molar-refractivity contribution in [3.63, 3.8) is 0 Å². The van der Waals surface area contributed by atoms with E-state index in [1.807, 2.05) is 30.3 Å². The smallest absolute Gasteiger partial charge is 0.257 e. The Labute approximate surface area is 134 Å². The molecule has 0 spiro atoms. The van der Waals surface area contributed by atoms with Gasteiger partial charge in [0, 0.05) is 17.3 Å². The molecule has 0 saturated carbocycles. The number of carbonyl (C=O) groups excluding carboxylic acids is 1. The van der Waals surface area contributed by atoms with E-state index < -0.39 is 0 Å². The second-order valence-electron chi connectivity index (χ2n) is 4.38. The molecule has 2 aromatic carbocycles. The lowest BCUT2D eigenvalue weighted by molar-refractivity contribution is 0.0977. The first-order chi connectivity index (χ1) is 10.6. The Kier molecular flexibility index (Phi) is 5.32. The van der Waals surface area contributed by atoms with Crippen LogP contribution >= 0.6 is 12.2 Å². The molecule has 1 amide bonds. The first kappa shape index (κ1) is 15.8. The number of amides is 1. The maximum absolute atomic E-state index is 12.2. The molecule has 5 nitrogen and oxygen atoms in total. The van der Waals surface area contributed by atoms with E-state index in [4.69, 9.17) is 21.7 Å². The van der Waals surface area contributed by atoms with E-state index in [0.717, 1.165) is 5.69 Å². The van der Waals surface area contributed by atoms with Crippen molar-refractivity contribution in [2.75, 3.05) is 19.5 Å². The molecular weight excluding hydrogens is 300 g/mol. The Balaban J connectivity index is 2.07. The van der Waals surface area contributed by atoms with E-state index in [-0.39, 0.29) is 11.0 Å². The Hall–Kier alpha value is -2.60. The van der Waals surface area contributed by atoms with Gasteiger partial charge >= 0.3 is 0 Å². The Morgan fingerprint density at radius 3 is 2.14 bits per heavy atom. The molecular formula is C16H16N2O3S. The zero-order chi connectivity index (χ0) is 15.9. The minimum Gasteiger partial charge on any atom is -0.497 e. The van der Waals surface area contributed by atoms with Gasteiger partial charge in [-0.1, -0.05) is 18.2 Å². The molecule has 6 heteroatoms. The first-order valence-electron chi connectivity index (χ1n) is 6.53. The van der Waals surface area contributed by atoms with Crippen LogP contribution in [-0.2, 0) is 0 Å². The molecule has 0 radical (unpaired) electrons. The van der Waals surface area contributed by atoms with Crippen LogP contribution in [0.25, 0.3) is 0 Å². The predicted octanol–water partition coefficient (Wildman–Crippen LogP) is 2.83. The summed E-state index contributed by atoms with van der Waals surface area (Å²) in [5.41, 5.74) is 1.20. The lowest BCUT2D eigenvalue weighted by Gasteiger charge is -2.11. The van der Waals surface area contributed by atoms with Crippen LogP contribution < -0.4 is 20.1 Å². The molecule has 22 heavy (non-hydrogen) atoms. The summed E-state index contributed by atoms with van der Waals surface area (Å²) in [4.78, 5) is 12.2. The van der Waals surface area contributed by atoms with E-state index in [9.17, 15) is 4.79 Å². The molecule has 0 aliphatic heterocycles.